The molecular weight excluding hydrogens is 220 g/mol. The molecule has 1 aliphatic rings. The van der Waals surface area contributed by atoms with Gasteiger partial charge in [-0.05, 0) is 31.9 Å². The summed E-state index contributed by atoms with van der Waals surface area (Å²) in [5.41, 5.74) is 0. The third-order valence-corrected chi connectivity index (χ3v) is 4.02. The van der Waals surface area contributed by atoms with E-state index in [2.05, 4.69) is 13.2 Å². The van der Waals surface area contributed by atoms with Crippen LogP contribution in [0.5, 0.6) is 0 Å². The van der Waals surface area contributed by atoms with Crippen LogP contribution in [0.25, 0.3) is 0 Å². The lowest BCUT2D eigenvalue weighted by Gasteiger charge is -2.34. The second kappa shape index (κ2) is 7.05. The van der Waals surface area contributed by atoms with Crippen molar-refractivity contribution in [3.63, 3.8) is 0 Å². The fraction of sp³-hybridized carbons (Fsp3) is 0.917. The molecule has 0 saturated carbocycles. The highest BCUT2D eigenvalue weighted by Crippen LogP contribution is 2.14. The Balaban J connectivity index is 2.49. The maximum absolute atomic E-state index is 12.2. The van der Waals surface area contributed by atoms with E-state index in [0.29, 0.717) is 6.04 Å². The summed E-state index contributed by atoms with van der Waals surface area (Å²) >= 11 is 1.81. The number of hydrogen-bond acceptors (Lipinski definition) is 2. The zero-order valence-corrected chi connectivity index (χ0v) is 11.6. The average Bonchev–Trinajstić information content (AvgIpc) is 2.35. The molecule has 0 radical (unpaired) electrons. The molecule has 1 heterocycles. The average molecular weight is 244 g/mol. The number of hydrogen-bond donors (Lipinski definition) is 0. The summed E-state index contributed by atoms with van der Waals surface area (Å²) in [6, 6.07) is 0.602. The van der Waals surface area contributed by atoms with Crippen LogP contribution in [0.4, 0.5) is 4.79 Å². The highest BCUT2D eigenvalue weighted by molar-refractivity contribution is 7.98. The quantitative estimate of drug-likeness (QED) is 0.759. The van der Waals surface area contributed by atoms with Crippen molar-refractivity contribution in [2.45, 2.75) is 38.6 Å². The number of amides is 2. The van der Waals surface area contributed by atoms with Gasteiger partial charge in [0.05, 0.1) is 0 Å². The molecule has 1 fully saturated rings. The van der Waals surface area contributed by atoms with Crippen molar-refractivity contribution in [2.75, 3.05) is 32.1 Å². The van der Waals surface area contributed by atoms with Crippen LogP contribution in [-0.4, -0.2) is 54.0 Å². The molecule has 94 valence electrons. The molecule has 3 nitrogen and oxygen atoms in total. The Kier molecular flexibility index (Phi) is 6.03. The van der Waals surface area contributed by atoms with Gasteiger partial charge in [-0.2, -0.15) is 11.8 Å². The Morgan fingerprint density at radius 2 is 2.00 bits per heavy atom. The molecule has 0 bridgehead atoms. The maximum Gasteiger partial charge on any atom is 0.320 e. The summed E-state index contributed by atoms with van der Waals surface area (Å²) < 4.78 is 0. The van der Waals surface area contributed by atoms with Gasteiger partial charge in [-0.1, -0.05) is 6.92 Å². The first-order chi connectivity index (χ1) is 7.70. The van der Waals surface area contributed by atoms with Gasteiger partial charge < -0.3 is 9.80 Å². The molecule has 1 unspecified atom stereocenters. The SMILES string of the molecule is CCC(CSC)N(C)C(=O)N1CCCCC1. The van der Waals surface area contributed by atoms with Crippen molar-refractivity contribution < 1.29 is 4.79 Å². The molecule has 1 aliphatic heterocycles. The number of carbonyl (C=O) groups is 1. The lowest BCUT2D eigenvalue weighted by Crippen LogP contribution is -2.48. The molecule has 0 aromatic heterocycles. The summed E-state index contributed by atoms with van der Waals surface area (Å²) in [4.78, 5) is 16.2. The molecule has 2 amide bonds. The first-order valence-corrected chi connectivity index (χ1v) is 7.60. The van der Waals surface area contributed by atoms with Gasteiger partial charge in [-0.3, -0.25) is 0 Å². The monoisotopic (exact) mass is 244 g/mol. The van der Waals surface area contributed by atoms with Crippen LogP contribution in [0.15, 0.2) is 0 Å². The van der Waals surface area contributed by atoms with Crippen molar-refractivity contribution in [1.29, 1.82) is 0 Å². The van der Waals surface area contributed by atoms with Crippen molar-refractivity contribution in [2.24, 2.45) is 0 Å². The summed E-state index contributed by atoms with van der Waals surface area (Å²) in [6.45, 7) is 4.04. The van der Waals surface area contributed by atoms with Crippen molar-refractivity contribution >= 4 is 17.8 Å². The van der Waals surface area contributed by atoms with E-state index in [9.17, 15) is 4.79 Å². The molecule has 1 rings (SSSR count). The molecule has 4 heteroatoms. The third-order valence-electron chi connectivity index (χ3n) is 3.31. The topological polar surface area (TPSA) is 23.6 Å². The first-order valence-electron chi connectivity index (χ1n) is 6.21. The summed E-state index contributed by atoms with van der Waals surface area (Å²) in [6.07, 6.45) is 6.74. The minimum atomic E-state index is 0.223. The number of piperidine rings is 1. The minimum Gasteiger partial charge on any atom is -0.325 e. The van der Waals surface area contributed by atoms with E-state index in [1.54, 1.807) is 0 Å². The van der Waals surface area contributed by atoms with Gasteiger partial charge in [0.25, 0.3) is 0 Å². The number of carbonyl (C=O) groups excluding carboxylic acids is 1. The Bertz CT molecular complexity index is 217. The van der Waals surface area contributed by atoms with Gasteiger partial charge in [-0.25, -0.2) is 4.79 Å². The highest BCUT2D eigenvalue weighted by Gasteiger charge is 2.24. The van der Waals surface area contributed by atoms with Gasteiger partial charge >= 0.3 is 6.03 Å². The second-order valence-electron chi connectivity index (χ2n) is 4.46. The molecule has 0 aromatic carbocycles. The smallest absolute Gasteiger partial charge is 0.320 e. The van der Waals surface area contributed by atoms with Gasteiger partial charge in [0.1, 0.15) is 0 Å². The van der Waals surface area contributed by atoms with E-state index < -0.39 is 0 Å². The van der Waals surface area contributed by atoms with Crippen LogP contribution in [0.2, 0.25) is 0 Å². The number of likely N-dealkylation sites (tertiary alicyclic amines) is 1. The zero-order chi connectivity index (χ0) is 12.0. The van der Waals surface area contributed by atoms with Crippen molar-refractivity contribution in [1.82, 2.24) is 9.80 Å². The van der Waals surface area contributed by atoms with Crippen LogP contribution in [-0.2, 0) is 0 Å². The number of rotatable bonds is 4. The lowest BCUT2D eigenvalue weighted by molar-refractivity contribution is 0.140. The zero-order valence-electron chi connectivity index (χ0n) is 10.7. The lowest BCUT2D eigenvalue weighted by atomic mass is 10.1. The Morgan fingerprint density at radius 3 is 2.50 bits per heavy atom. The van der Waals surface area contributed by atoms with E-state index in [-0.39, 0.29) is 6.03 Å². The van der Waals surface area contributed by atoms with E-state index in [1.807, 2.05) is 28.6 Å². The van der Waals surface area contributed by atoms with Crippen molar-refractivity contribution in [3.05, 3.63) is 0 Å². The van der Waals surface area contributed by atoms with E-state index in [1.165, 1.54) is 19.3 Å². The summed E-state index contributed by atoms with van der Waals surface area (Å²) in [7, 11) is 1.95. The fourth-order valence-electron chi connectivity index (χ4n) is 2.16. The standard InChI is InChI=1S/C12H24N2OS/c1-4-11(10-16-3)13(2)12(15)14-8-6-5-7-9-14/h11H,4-10H2,1-3H3. The van der Waals surface area contributed by atoms with E-state index >= 15 is 0 Å². The second-order valence-corrected chi connectivity index (χ2v) is 5.37. The van der Waals surface area contributed by atoms with Crippen molar-refractivity contribution in [3.8, 4) is 0 Å². The molecule has 1 saturated heterocycles. The van der Waals surface area contributed by atoms with E-state index in [4.69, 9.17) is 0 Å². The largest absolute Gasteiger partial charge is 0.325 e. The maximum atomic E-state index is 12.2. The Hall–Kier alpha value is -0.380. The Labute approximate surface area is 104 Å². The number of thioether (sulfide) groups is 1. The molecule has 0 aliphatic carbocycles. The molecule has 0 aromatic rings. The predicted molar refractivity (Wildman–Crippen MR) is 71.0 cm³/mol. The van der Waals surface area contributed by atoms with Gasteiger partial charge in [0.15, 0.2) is 0 Å². The molecular formula is C12H24N2OS. The predicted octanol–water partition coefficient (Wildman–Crippen LogP) is 2.67. The number of nitrogens with zero attached hydrogens (tertiary/aromatic N) is 2. The first kappa shape index (κ1) is 13.7. The van der Waals surface area contributed by atoms with Gasteiger partial charge in [0.2, 0.25) is 0 Å². The van der Waals surface area contributed by atoms with Gasteiger partial charge in [-0.15, -0.1) is 0 Å². The third kappa shape index (κ3) is 3.58. The van der Waals surface area contributed by atoms with Crippen LogP contribution in [0.3, 0.4) is 0 Å². The highest BCUT2D eigenvalue weighted by atomic mass is 32.2. The normalized spacial score (nSPS) is 18.3. The van der Waals surface area contributed by atoms with Gasteiger partial charge in [0, 0.05) is 31.9 Å². The molecule has 1 atom stereocenters. The molecule has 16 heavy (non-hydrogen) atoms. The van der Waals surface area contributed by atoms with E-state index in [0.717, 1.165) is 25.3 Å². The Morgan fingerprint density at radius 1 is 1.38 bits per heavy atom. The van der Waals surface area contributed by atoms with Crippen LogP contribution >= 0.6 is 11.8 Å². The molecule has 0 spiro atoms. The summed E-state index contributed by atoms with van der Waals surface area (Å²) in [5.74, 6) is 1.03. The number of urea groups is 1. The van der Waals surface area contributed by atoms with Crippen LogP contribution in [0, 0.1) is 0 Å². The van der Waals surface area contributed by atoms with Crippen LogP contribution in [0.1, 0.15) is 32.6 Å². The fourth-order valence-corrected chi connectivity index (χ4v) is 3.00. The van der Waals surface area contributed by atoms with Crippen LogP contribution < -0.4 is 0 Å². The molecule has 0 N–H and O–H groups in total. The minimum absolute atomic E-state index is 0.223. The summed E-state index contributed by atoms with van der Waals surface area (Å²) in [5, 5.41) is 0.